The topological polar surface area (TPSA) is 35.5 Å². The largest absolute Gasteiger partial charge is 0.494 e. The number of esters is 1. The second-order valence-electron chi connectivity index (χ2n) is 17.7. The summed E-state index contributed by atoms with van der Waals surface area (Å²) in [5, 5.41) is 0. The molecule has 0 amide bonds. The molecule has 3 heteroatoms. The highest BCUT2D eigenvalue weighted by Gasteiger charge is 2.59. The van der Waals surface area contributed by atoms with Crippen molar-refractivity contribution in [3.63, 3.8) is 0 Å². The van der Waals surface area contributed by atoms with E-state index >= 15 is 0 Å². The Kier molecular flexibility index (Phi) is 13.8. The Morgan fingerprint density at radius 1 is 0.857 bits per heavy atom. The molecule has 3 saturated carbocycles. The Labute approximate surface area is 301 Å². The number of fused-ring (bicyclic) bond motifs is 5. The Hall–Kier alpha value is -2.21. The van der Waals surface area contributed by atoms with Crippen LogP contribution < -0.4 is 4.74 Å². The van der Waals surface area contributed by atoms with E-state index in [2.05, 4.69) is 46.6 Å². The van der Waals surface area contributed by atoms with Gasteiger partial charge in [-0.25, -0.2) is 0 Å². The first-order valence-electron chi connectivity index (χ1n) is 20.7. The van der Waals surface area contributed by atoms with Gasteiger partial charge in [0.25, 0.3) is 0 Å². The highest BCUT2D eigenvalue weighted by Crippen LogP contribution is 2.67. The van der Waals surface area contributed by atoms with Crippen LogP contribution in [0.3, 0.4) is 0 Å². The maximum Gasteiger partial charge on any atom is 0.306 e. The van der Waals surface area contributed by atoms with E-state index in [0.29, 0.717) is 17.3 Å². The summed E-state index contributed by atoms with van der Waals surface area (Å²) < 4.78 is 11.9. The fourth-order valence-electron chi connectivity index (χ4n) is 11.3. The van der Waals surface area contributed by atoms with Crippen LogP contribution in [-0.2, 0) is 9.53 Å². The van der Waals surface area contributed by atoms with E-state index in [1.807, 2.05) is 24.3 Å². The van der Waals surface area contributed by atoms with Crippen molar-refractivity contribution in [3.05, 3.63) is 41.5 Å². The molecular formula is C46H70O3. The Morgan fingerprint density at radius 2 is 1.57 bits per heavy atom. The minimum Gasteiger partial charge on any atom is -0.494 e. The van der Waals surface area contributed by atoms with Gasteiger partial charge in [-0.05, 0) is 128 Å². The van der Waals surface area contributed by atoms with Crippen molar-refractivity contribution in [2.75, 3.05) is 6.61 Å². The van der Waals surface area contributed by atoms with Crippen molar-refractivity contribution in [1.29, 1.82) is 0 Å². The maximum atomic E-state index is 12.8. The molecule has 8 atom stereocenters. The number of unbranched alkanes of at least 4 members (excludes halogenated alkanes) is 7. The predicted octanol–water partition coefficient (Wildman–Crippen LogP) is 12.5. The van der Waals surface area contributed by atoms with E-state index in [1.165, 1.54) is 89.9 Å². The third kappa shape index (κ3) is 9.57. The molecule has 0 radical (unpaired) electrons. The fourth-order valence-corrected chi connectivity index (χ4v) is 11.3. The van der Waals surface area contributed by atoms with E-state index in [-0.39, 0.29) is 12.1 Å². The number of carbonyl (C=O) groups excluding carboxylic acids is 1. The molecule has 0 aliphatic heterocycles. The number of carbonyl (C=O) groups is 1. The first-order chi connectivity index (χ1) is 23.6. The summed E-state index contributed by atoms with van der Waals surface area (Å²) in [6, 6.07) is 7.74. The summed E-state index contributed by atoms with van der Waals surface area (Å²) in [4.78, 5) is 12.8. The fraction of sp³-hybridized carbons (Fsp3) is 0.761. The minimum absolute atomic E-state index is 0.0322. The summed E-state index contributed by atoms with van der Waals surface area (Å²) >= 11 is 0. The third-order valence-electron chi connectivity index (χ3n) is 14.1. The van der Waals surface area contributed by atoms with E-state index in [9.17, 15) is 4.79 Å². The number of terminal acetylenes is 1. The molecule has 3 fully saturated rings. The van der Waals surface area contributed by atoms with Crippen molar-refractivity contribution >= 4 is 5.97 Å². The number of allylic oxidation sites excluding steroid dienone is 1. The van der Waals surface area contributed by atoms with Crippen molar-refractivity contribution in [1.82, 2.24) is 0 Å². The average molecular weight is 671 g/mol. The van der Waals surface area contributed by atoms with Crippen molar-refractivity contribution in [2.24, 2.45) is 46.3 Å². The van der Waals surface area contributed by atoms with Gasteiger partial charge in [0.1, 0.15) is 11.9 Å². The quantitative estimate of drug-likeness (QED) is 0.0675. The number of rotatable bonds is 18. The van der Waals surface area contributed by atoms with Gasteiger partial charge in [-0.1, -0.05) is 110 Å². The van der Waals surface area contributed by atoms with Gasteiger partial charge in [0.2, 0.25) is 0 Å². The molecule has 0 bridgehead atoms. The van der Waals surface area contributed by atoms with Crippen LogP contribution in [0.4, 0.5) is 0 Å². The van der Waals surface area contributed by atoms with Crippen LogP contribution in [0.1, 0.15) is 169 Å². The SMILES string of the molecule is C#Cc1ccc(OCCCCCCCCCCC(=O)O[C@H]2CC[C@@]3(C)C(=CC[C@H]4[C@@H]5CC[C@H]([C@H](C)CCCC(C)C)[C@@]5(C)CC[C@@H]43)C2)cc1. The molecular weight excluding hydrogens is 601 g/mol. The van der Waals surface area contributed by atoms with Gasteiger partial charge in [-0.2, -0.15) is 0 Å². The van der Waals surface area contributed by atoms with Crippen molar-refractivity contribution in [3.8, 4) is 18.1 Å². The zero-order valence-electron chi connectivity index (χ0n) is 32.1. The van der Waals surface area contributed by atoms with Gasteiger partial charge in [0, 0.05) is 18.4 Å². The Morgan fingerprint density at radius 3 is 2.29 bits per heavy atom. The highest BCUT2D eigenvalue weighted by molar-refractivity contribution is 5.69. The number of hydrogen-bond donors (Lipinski definition) is 0. The normalized spacial score (nSPS) is 31.2. The molecule has 0 N–H and O–H groups in total. The number of benzene rings is 1. The lowest BCUT2D eigenvalue weighted by molar-refractivity contribution is -0.151. The van der Waals surface area contributed by atoms with E-state index in [4.69, 9.17) is 15.9 Å². The highest BCUT2D eigenvalue weighted by atomic mass is 16.5. The molecule has 4 aliphatic rings. The van der Waals surface area contributed by atoms with Crippen LogP contribution in [0.15, 0.2) is 35.9 Å². The van der Waals surface area contributed by atoms with Gasteiger partial charge in [-0.3, -0.25) is 4.79 Å². The smallest absolute Gasteiger partial charge is 0.306 e. The first-order valence-corrected chi connectivity index (χ1v) is 20.7. The molecule has 49 heavy (non-hydrogen) atoms. The van der Waals surface area contributed by atoms with Crippen LogP contribution in [0.2, 0.25) is 0 Å². The molecule has 0 aromatic heterocycles. The van der Waals surface area contributed by atoms with Gasteiger partial charge in [-0.15, -0.1) is 6.42 Å². The molecule has 0 heterocycles. The molecule has 5 rings (SSSR count). The monoisotopic (exact) mass is 671 g/mol. The second-order valence-corrected chi connectivity index (χ2v) is 17.7. The first kappa shape index (κ1) is 38.0. The molecule has 272 valence electrons. The second kappa shape index (κ2) is 17.8. The molecule has 0 saturated heterocycles. The van der Waals surface area contributed by atoms with Crippen molar-refractivity contribution in [2.45, 2.75) is 169 Å². The van der Waals surface area contributed by atoms with Crippen LogP contribution in [0, 0.1) is 58.7 Å². The summed E-state index contributed by atoms with van der Waals surface area (Å²) in [5.74, 6) is 8.76. The van der Waals surface area contributed by atoms with Crippen LogP contribution in [0.5, 0.6) is 5.75 Å². The molecule has 1 aromatic rings. The zero-order chi connectivity index (χ0) is 34.9. The lowest BCUT2D eigenvalue weighted by Crippen LogP contribution is -2.51. The minimum atomic E-state index is 0.0322. The lowest BCUT2D eigenvalue weighted by atomic mass is 9.47. The van der Waals surface area contributed by atoms with Gasteiger partial charge in [0.15, 0.2) is 0 Å². The summed E-state index contributed by atoms with van der Waals surface area (Å²) in [6.45, 7) is 13.4. The molecule has 0 unspecified atom stereocenters. The zero-order valence-corrected chi connectivity index (χ0v) is 32.1. The van der Waals surface area contributed by atoms with E-state index < -0.39 is 0 Å². The third-order valence-corrected chi connectivity index (χ3v) is 14.1. The number of ether oxygens (including phenoxy) is 2. The average Bonchev–Trinajstić information content (AvgIpc) is 3.44. The van der Waals surface area contributed by atoms with Crippen LogP contribution in [0.25, 0.3) is 0 Å². The number of hydrogen-bond acceptors (Lipinski definition) is 3. The van der Waals surface area contributed by atoms with Gasteiger partial charge in [0.05, 0.1) is 6.61 Å². The lowest BCUT2D eigenvalue weighted by Gasteiger charge is -2.58. The van der Waals surface area contributed by atoms with E-state index in [1.54, 1.807) is 5.57 Å². The predicted molar refractivity (Wildman–Crippen MR) is 204 cm³/mol. The molecule has 1 aromatic carbocycles. The summed E-state index contributed by atoms with van der Waals surface area (Å²) in [5.41, 5.74) is 3.37. The van der Waals surface area contributed by atoms with Gasteiger partial charge < -0.3 is 9.47 Å². The standard InChI is InChI=1S/C46H70O3/c1-7-36-20-23-38(24-21-36)48-32-15-13-11-9-8-10-12-14-19-44(47)49-39-28-30-45(5)37(33-39)22-25-40-42-27-26-41(35(4)18-16-17-34(2)3)46(42,6)31-29-43(40)45/h1,20-24,34-35,39-43H,8-19,25-33H2,2-6H3/t35-,39+,40+,41-,42+,43+,45+,46-/m1/s1. The van der Waals surface area contributed by atoms with Crippen molar-refractivity contribution < 1.29 is 14.3 Å². The summed E-state index contributed by atoms with van der Waals surface area (Å²) in [6.07, 6.45) is 32.5. The molecule has 0 spiro atoms. The maximum absolute atomic E-state index is 12.8. The van der Waals surface area contributed by atoms with Crippen LogP contribution >= 0.6 is 0 Å². The van der Waals surface area contributed by atoms with E-state index in [0.717, 1.165) is 85.5 Å². The molecule has 4 aliphatic carbocycles. The summed E-state index contributed by atoms with van der Waals surface area (Å²) in [7, 11) is 0. The van der Waals surface area contributed by atoms with Crippen LogP contribution in [-0.4, -0.2) is 18.7 Å². The Balaban J connectivity index is 0.957. The Bertz CT molecular complexity index is 1250. The van der Waals surface area contributed by atoms with Gasteiger partial charge >= 0.3 is 5.97 Å². The molecule has 3 nitrogen and oxygen atoms in total.